The summed E-state index contributed by atoms with van der Waals surface area (Å²) in [7, 11) is -2.62. The van der Waals surface area contributed by atoms with E-state index in [4.69, 9.17) is 5.11 Å². The Balaban J connectivity index is 0.000000956. The number of ether oxygens (including phenoxy) is 1. The minimum Gasteiger partial charge on any atom is -0.481 e. The summed E-state index contributed by atoms with van der Waals surface area (Å²) in [6.07, 6.45) is 13.4. The van der Waals surface area contributed by atoms with Gasteiger partial charge in [-0.25, -0.2) is 0 Å². The second-order valence-electron chi connectivity index (χ2n) is 7.15. The van der Waals surface area contributed by atoms with Crippen LogP contribution in [0.4, 0.5) is 0 Å². The molecule has 1 aromatic carbocycles. The van der Waals surface area contributed by atoms with Gasteiger partial charge in [0.25, 0.3) is 10.1 Å². The topological polar surface area (TPSA) is 101 Å². The number of unbranched alkanes of at least 4 members (excludes halogenated alkanes) is 9. The van der Waals surface area contributed by atoms with Crippen LogP contribution in [-0.2, 0) is 26.1 Å². The third-order valence-corrected chi connectivity index (χ3v) is 5.52. The number of aliphatic carboxylic acids is 1. The average Bonchev–Trinajstić information content (AvgIpc) is 2.68. The van der Waals surface area contributed by atoms with Crippen LogP contribution in [0.2, 0.25) is 0 Å². The summed E-state index contributed by atoms with van der Waals surface area (Å²) in [6.45, 7) is 2.54. The van der Waals surface area contributed by atoms with E-state index in [1.165, 1.54) is 64.5 Å². The van der Waals surface area contributed by atoms with Crippen molar-refractivity contribution in [2.75, 3.05) is 13.7 Å². The highest BCUT2D eigenvalue weighted by Gasteiger charge is 2.13. The number of methoxy groups -OCH3 is 1. The first-order valence-corrected chi connectivity index (χ1v) is 12.0. The Hall–Kier alpha value is -1.44. The predicted molar refractivity (Wildman–Crippen MR) is 116 cm³/mol. The monoisotopic (exact) mass is 430 g/mol. The molecule has 0 amide bonds. The Labute approximate surface area is 176 Å². The molecule has 0 radical (unpaired) electrons. The second kappa shape index (κ2) is 17.4. The Kier molecular flexibility index (Phi) is 16.6. The molecule has 1 aromatic rings. The maximum absolute atomic E-state index is 11.3. The van der Waals surface area contributed by atoms with E-state index in [0.717, 1.165) is 18.4 Å². The lowest BCUT2D eigenvalue weighted by Crippen LogP contribution is -2.03. The summed E-state index contributed by atoms with van der Waals surface area (Å²) in [6, 6.07) is 6.73. The number of carboxylic acids is 1. The van der Waals surface area contributed by atoms with E-state index in [1.54, 1.807) is 12.1 Å². The lowest BCUT2D eigenvalue weighted by Gasteiger charge is -2.07. The van der Waals surface area contributed by atoms with Gasteiger partial charge in [-0.15, -0.1) is 0 Å². The molecule has 1 rings (SSSR count). The quantitative estimate of drug-likeness (QED) is 0.281. The van der Waals surface area contributed by atoms with Crippen LogP contribution in [0.3, 0.4) is 0 Å². The van der Waals surface area contributed by atoms with Crippen LogP contribution in [0.5, 0.6) is 0 Å². The van der Waals surface area contributed by atoms with Crippen molar-refractivity contribution in [1.29, 1.82) is 0 Å². The van der Waals surface area contributed by atoms with E-state index in [9.17, 15) is 17.8 Å². The minimum atomic E-state index is -4.10. The summed E-state index contributed by atoms with van der Waals surface area (Å²) >= 11 is 0. The molecule has 168 valence electrons. The number of carbonyl (C=O) groups is 1. The maximum Gasteiger partial charge on any atom is 0.305 e. The molecule has 0 bridgehead atoms. The number of carboxylic acid groups (broad SMARTS) is 1. The van der Waals surface area contributed by atoms with Crippen molar-refractivity contribution >= 4 is 16.1 Å². The molecule has 7 heteroatoms. The lowest BCUT2D eigenvalue weighted by molar-refractivity contribution is -0.137. The van der Waals surface area contributed by atoms with Gasteiger partial charge < -0.3 is 9.84 Å². The van der Waals surface area contributed by atoms with Crippen LogP contribution < -0.4 is 0 Å². The molecule has 29 heavy (non-hydrogen) atoms. The van der Waals surface area contributed by atoms with Gasteiger partial charge in [-0.2, -0.15) is 8.42 Å². The highest BCUT2D eigenvalue weighted by molar-refractivity contribution is 7.85. The predicted octanol–water partition coefficient (Wildman–Crippen LogP) is 5.50. The minimum absolute atomic E-state index is 0.0610. The van der Waals surface area contributed by atoms with Crippen LogP contribution in [0.25, 0.3) is 0 Å². The van der Waals surface area contributed by atoms with Gasteiger partial charge in [0.05, 0.1) is 17.9 Å². The van der Waals surface area contributed by atoms with Crippen molar-refractivity contribution in [2.45, 2.75) is 88.9 Å². The molecule has 0 saturated carbocycles. The molecule has 0 atom stereocenters. The van der Waals surface area contributed by atoms with Crippen molar-refractivity contribution in [3.8, 4) is 0 Å². The maximum atomic E-state index is 11.3. The molecule has 0 aromatic heterocycles. The standard InChI is InChI=1S/C18H30O3S.C4H8O3/c1-2-3-4-5-6-7-8-9-10-11-14-17-15-12-13-16-18(17)22(19,20)21;1-7-3-2-4(5)6/h12-13,15-16H,2-11,14H2,1H3,(H,19,20,21);2-3H2,1H3,(H,5,6). The van der Waals surface area contributed by atoms with Gasteiger partial charge in [-0.1, -0.05) is 82.9 Å². The number of hydrogen-bond donors (Lipinski definition) is 2. The molecule has 0 saturated heterocycles. The summed E-state index contributed by atoms with van der Waals surface area (Å²) < 4.78 is 36.3. The molecule has 0 aliphatic rings. The highest BCUT2D eigenvalue weighted by Crippen LogP contribution is 2.18. The third kappa shape index (κ3) is 16.1. The van der Waals surface area contributed by atoms with Gasteiger partial charge >= 0.3 is 5.97 Å². The fraction of sp³-hybridized carbons (Fsp3) is 0.682. The summed E-state index contributed by atoms with van der Waals surface area (Å²) in [5.41, 5.74) is 0.726. The second-order valence-corrected chi connectivity index (χ2v) is 8.54. The molecule has 2 N–H and O–H groups in total. The first kappa shape index (κ1) is 27.6. The van der Waals surface area contributed by atoms with Crippen molar-refractivity contribution in [3.63, 3.8) is 0 Å². The van der Waals surface area contributed by atoms with E-state index in [1.807, 2.05) is 6.07 Å². The van der Waals surface area contributed by atoms with Crippen LogP contribution in [0.15, 0.2) is 29.2 Å². The average molecular weight is 431 g/mol. The van der Waals surface area contributed by atoms with Gasteiger partial charge in [0.15, 0.2) is 0 Å². The van der Waals surface area contributed by atoms with E-state index in [0.29, 0.717) is 13.0 Å². The summed E-state index contributed by atoms with van der Waals surface area (Å²) in [5.74, 6) is -0.818. The summed E-state index contributed by atoms with van der Waals surface area (Å²) in [5, 5.41) is 7.96. The highest BCUT2D eigenvalue weighted by atomic mass is 32.2. The molecule has 0 spiro atoms. The van der Waals surface area contributed by atoms with Gasteiger partial charge in [0.1, 0.15) is 0 Å². The molecule has 0 aliphatic carbocycles. The number of benzene rings is 1. The SMILES string of the molecule is CCCCCCCCCCCCc1ccccc1S(=O)(=O)O.COCCC(=O)O. The normalized spacial score (nSPS) is 11.0. The van der Waals surface area contributed by atoms with Gasteiger partial charge in [0, 0.05) is 7.11 Å². The molecule has 0 heterocycles. The van der Waals surface area contributed by atoms with Crippen molar-refractivity contribution in [2.24, 2.45) is 0 Å². The number of aryl methyl sites for hydroxylation is 1. The van der Waals surface area contributed by atoms with Crippen LogP contribution in [-0.4, -0.2) is 37.8 Å². The van der Waals surface area contributed by atoms with E-state index in [2.05, 4.69) is 11.7 Å². The molecule has 0 unspecified atom stereocenters. The lowest BCUT2D eigenvalue weighted by atomic mass is 10.0. The Bertz CT molecular complexity index is 642. The number of rotatable bonds is 15. The molecular formula is C22H38O6S. The van der Waals surface area contributed by atoms with Crippen molar-refractivity contribution in [1.82, 2.24) is 0 Å². The molecule has 0 aliphatic heterocycles. The van der Waals surface area contributed by atoms with Crippen LogP contribution in [0.1, 0.15) is 83.1 Å². The first-order valence-electron chi connectivity index (χ1n) is 10.6. The van der Waals surface area contributed by atoms with E-state index < -0.39 is 16.1 Å². The Morgan fingerprint density at radius 1 is 0.931 bits per heavy atom. The summed E-state index contributed by atoms with van der Waals surface area (Å²) in [4.78, 5) is 9.74. The molecule has 6 nitrogen and oxygen atoms in total. The van der Waals surface area contributed by atoms with Crippen LogP contribution >= 0.6 is 0 Å². The van der Waals surface area contributed by atoms with Crippen molar-refractivity contribution < 1.29 is 27.6 Å². The van der Waals surface area contributed by atoms with Crippen molar-refractivity contribution in [3.05, 3.63) is 29.8 Å². The fourth-order valence-electron chi connectivity index (χ4n) is 2.95. The zero-order valence-electron chi connectivity index (χ0n) is 17.9. The third-order valence-electron chi connectivity index (χ3n) is 4.57. The van der Waals surface area contributed by atoms with Gasteiger partial charge in [-0.05, 0) is 24.5 Å². The zero-order chi connectivity index (χ0) is 22.0. The first-order chi connectivity index (χ1) is 13.8. The Morgan fingerprint density at radius 2 is 1.45 bits per heavy atom. The van der Waals surface area contributed by atoms with Crippen LogP contribution in [0, 0.1) is 0 Å². The zero-order valence-corrected chi connectivity index (χ0v) is 18.8. The Morgan fingerprint density at radius 3 is 1.90 bits per heavy atom. The largest absolute Gasteiger partial charge is 0.481 e. The van der Waals surface area contributed by atoms with E-state index in [-0.39, 0.29) is 11.3 Å². The van der Waals surface area contributed by atoms with E-state index >= 15 is 0 Å². The van der Waals surface area contributed by atoms with Gasteiger partial charge in [0.2, 0.25) is 0 Å². The fourth-order valence-corrected chi connectivity index (χ4v) is 3.71. The molecular weight excluding hydrogens is 392 g/mol. The molecule has 0 fully saturated rings. The van der Waals surface area contributed by atoms with Gasteiger partial charge in [-0.3, -0.25) is 9.35 Å². The number of hydrogen-bond acceptors (Lipinski definition) is 4. The smallest absolute Gasteiger partial charge is 0.305 e.